The minimum atomic E-state index is -0.411. The van der Waals surface area contributed by atoms with Gasteiger partial charge in [0.2, 0.25) is 5.65 Å². The molecule has 4 rings (SSSR count). The normalized spacial score (nSPS) is 10.9. The number of hydrogen-bond acceptors (Lipinski definition) is 5. The van der Waals surface area contributed by atoms with Gasteiger partial charge in [-0.25, -0.2) is 4.79 Å². The molecule has 0 N–H and O–H groups in total. The topological polar surface area (TPSA) is 78.0 Å². The molecule has 0 radical (unpaired) electrons. The van der Waals surface area contributed by atoms with Gasteiger partial charge in [-0.05, 0) is 12.1 Å². The van der Waals surface area contributed by atoms with Crippen molar-refractivity contribution >= 4 is 5.65 Å². The van der Waals surface area contributed by atoms with Crippen LogP contribution in [-0.4, -0.2) is 29.8 Å². The third-order valence-corrected chi connectivity index (χ3v) is 3.29. The summed E-state index contributed by atoms with van der Waals surface area (Å²) in [5.41, 5.74) is 1.92. The van der Waals surface area contributed by atoms with E-state index in [-0.39, 0.29) is 0 Å². The SMILES string of the molecule is O=c1n(-c2ccccc2)nnc2c(-c3ccccc3)nnn12. The van der Waals surface area contributed by atoms with E-state index in [1.54, 1.807) is 12.1 Å². The van der Waals surface area contributed by atoms with Gasteiger partial charge in [-0.3, -0.25) is 0 Å². The second kappa shape index (κ2) is 4.88. The average molecular weight is 290 g/mol. The molecule has 0 saturated heterocycles. The van der Waals surface area contributed by atoms with Gasteiger partial charge in [0.1, 0.15) is 5.69 Å². The van der Waals surface area contributed by atoms with Gasteiger partial charge in [0.15, 0.2) is 0 Å². The van der Waals surface area contributed by atoms with Crippen LogP contribution in [0.5, 0.6) is 0 Å². The molecule has 4 aromatic rings. The predicted octanol–water partition coefficient (Wildman–Crippen LogP) is 1.34. The van der Waals surface area contributed by atoms with E-state index in [1.165, 1.54) is 4.68 Å². The van der Waals surface area contributed by atoms with Gasteiger partial charge in [-0.2, -0.15) is 4.68 Å². The molecule has 106 valence electrons. The summed E-state index contributed by atoms with van der Waals surface area (Å²) >= 11 is 0. The van der Waals surface area contributed by atoms with Crippen LogP contribution in [0, 0.1) is 0 Å². The van der Waals surface area contributed by atoms with Gasteiger partial charge in [-0.1, -0.05) is 59.0 Å². The molecule has 0 unspecified atom stereocenters. The van der Waals surface area contributed by atoms with E-state index >= 15 is 0 Å². The maximum Gasteiger partial charge on any atom is 0.374 e. The number of benzene rings is 2. The summed E-state index contributed by atoms with van der Waals surface area (Å²) in [6.45, 7) is 0. The van der Waals surface area contributed by atoms with E-state index < -0.39 is 5.69 Å². The minimum Gasteiger partial charge on any atom is -0.243 e. The largest absolute Gasteiger partial charge is 0.374 e. The molecule has 0 aliphatic rings. The summed E-state index contributed by atoms with van der Waals surface area (Å²) in [5, 5.41) is 16.1. The first-order chi connectivity index (χ1) is 10.8. The lowest BCUT2D eigenvalue weighted by molar-refractivity contribution is 0.639. The van der Waals surface area contributed by atoms with Crippen molar-refractivity contribution in [2.24, 2.45) is 0 Å². The molecule has 0 aliphatic carbocycles. The molecule has 7 nitrogen and oxygen atoms in total. The minimum absolute atomic E-state index is 0.336. The van der Waals surface area contributed by atoms with Crippen molar-refractivity contribution in [3.05, 3.63) is 71.1 Å². The number of aromatic nitrogens is 6. The van der Waals surface area contributed by atoms with E-state index in [9.17, 15) is 4.79 Å². The Morgan fingerprint density at radius 2 is 1.45 bits per heavy atom. The Bertz CT molecular complexity index is 991. The van der Waals surface area contributed by atoms with Crippen molar-refractivity contribution < 1.29 is 0 Å². The van der Waals surface area contributed by atoms with Crippen LogP contribution < -0.4 is 5.69 Å². The zero-order chi connectivity index (χ0) is 14.9. The number of nitrogens with zero attached hydrogens (tertiary/aromatic N) is 6. The second-order valence-electron chi connectivity index (χ2n) is 4.66. The maximum absolute atomic E-state index is 12.5. The van der Waals surface area contributed by atoms with E-state index in [1.807, 2.05) is 48.5 Å². The van der Waals surface area contributed by atoms with Crippen molar-refractivity contribution in [1.82, 2.24) is 29.8 Å². The zero-order valence-corrected chi connectivity index (χ0v) is 11.4. The Labute approximate surface area is 124 Å². The number of rotatable bonds is 2. The molecule has 2 aromatic heterocycles. The van der Waals surface area contributed by atoms with E-state index in [0.29, 0.717) is 17.0 Å². The molecule has 0 fully saturated rings. The Hall–Kier alpha value is -3.35. The molecule has 0 saturated carbocycles. The average Bonchev–Trinajstić information content (AvgIpc) is 3.02. The third kappa shape index (κ3) is 1.87. The van der Waals surface area contributed by atoms with Crippen molar-refractivity contribution in [3.63, 3.8) is 0 Å². The Kier molecular flexibility index (Phi) is 2.75. The van der Waals surface area contributed by atoms with E-state index in [0.717, 1.165) is 10.1 Å². The second-order valence-corrected chi connectivity index (χ2v) is 4.66. The lowest BCUT2D eigenvalue weighted by atomic mass is 10.2. The molecule has 0 bridgehead atoms. The Morgan fingerprint density at radius 3 is 2.18 bits per heavy atom. The summed E-state index contributed by atoms with van der Waals surface area (Å²) in [6.07, 6.45) is 0. The van der Waals surface area contributed by atoms with Crippen molar-refractivity contribution in [1.29, 1.82) is 0 Å². The molecule has 0 spiro atoms. The van der Waals surface area contributed by atoms with Gasteiger partial charge in [0.05, 0.1) is 5.69 Å². The molecular formula is C15H10N6O. The molecule has 0 atom stereocenters. The van der Waals surface area contributed by atoms with Gasteiger partial charge in [-0.15, -0.1) is 14.7 Å². The first kappa shape index (κ1) is 12.4. The number of hydrogen-bond donors (Lipinski definition) is 0. The van der Waals surface area contributed by atoms with Crippen LogP contribution in [0.3, 0.4) is 0 Å². The molecule has 22 heavy (non-hydrogen) atoms. The highest BCUT2D eigenvalue weighted by Gasteiger charge is 2.14. The fourth-order valence-corrected chi connectivity index (χ4v) is 2.22. The maximum atomic E-state index is 12.5. The fourth-order valence-electron chi connectivity index (χ4n) is 2.22. The lowest BCUT2D eigenvalue weighted by Crippen LogP contribution is -2.29. The first-order valence-electron chi connectivity index (χ1n) is 6.67. The molecule has 2 aromatic carbocycles. The van der Waals surface area contributed by atoms with Gasteiger partial charge in [0.25, 0.3) is 0 Å². The van der Waals surface area contributed by atoms with Crippen LogP contribution in [0.2, 0.25) is 0 Å². The van der Waals surface area contributed by atoms with Crippen LogP contribution in [-0.2, 0) is 0 Å². The van der Waals surface area contributed by atoms with E-state index in [2.05, 4.69) is 20.6 Å². The van der Waals surface area contributed by atoms with E-state index in [4.69, 9.17) is 0 Å². The summed E-state index contributed by atoms with van der Waals surface area (Å²) in [4.78, 5) is 12.5. The van der Waals surface area contributed by atoms with Crippen LogP contribution in [0.15, 0.2) is 65.5 Å². The Balaban J connectivity index is 1.94. The lowest BCUT2D eigenvalue weighted by Gasteiger charge is -2.02. The molecule has 0 aliphatic heterocycles. The highest BCUT2D eigenvalue weighted by molar-refractivity contribution is 5.72. The summed E-state index contributed by atoms with van der Waals surface area (Å²) in [6, 6.07) is 18.5. The standard InChI is InChI=1S/C15H10N6O/c22-15-20(12-9-5-2-6-10-12)19-17-14-13(16-18-21(14)15)11-7-3-1-4-8-11/h1-10H. The monoisotopic (exact) mass is 290 g/mol. The van der Waals surface area contributed by atoms with Crippen molar-refractivity contribution in [2.75, 3.05) is 0 Å². The van der Waals surface area contributed by atoms with Crippen LogP contribution in [0.25, 0.3) is 22.6 Å². The predicted molar refractivity (Wildman–Crippen MR) is 79.6 cm³/mol. The van der Waals surface area contributed by atoms with Gasteiger partial charge < -0.3 is 0 Å². The summed E-state index contributed by atoms with van der Waals surface area (Å²) in [5.74, 6) is 0. The first-order valence-corrected chi connectivity index (χ1v) is 6.67. The van der Waals surface area contributed by atoms with Crippen LogP contribution in [0.4, 0.5) is 0 Å². The summed E-state index contributed by atoms with van der Waals surface area (Å²) < 4.78 is 2.35. The summed E-state index contributed by atoms with van der Waals surface area (Å²) in [7, 11) is 0. The highest BCUT2D eigenvalue weighted by atomic mass is 16.2. The highest BCUT2D eigenvalue weighted by Crippen LogP contribution is 2.18. The van der Waals surface area contributed by atoms with Crippen LogP contribution in [0.1, 0.15) is 0 Å². The van der Waals surface area contributed by atoms with Crippen LogP contribution >= 0.6 is 0 Å². The van der Waals surface area contributed by atoms with Crippen molar-refractivity contribution in [3.8, 4) is 16.9 Å². The molecule has 0 amide bonds. The fraction of sp³-hybridized carbons (Fsp3) is 0. The van der Waals surface area contributed by atoms with Gasteiger partial charge >= 0.3 is 5.69 Å². The molecular weight excluding hydrogens is 280 g/mol. The number of para-hydroxylation sites is 1. The smallest absolute Gasteiger partial charge is 0.243 e. The third-order valence-electron chi connectivity index (χ3n) is 3.29. The van der Waals surface area contributed by atoms with Gasteiger partial charge in [0, 0.05) is 5.56 Å². The Morgan fingerprint density at radius 1 is 0.773 bits per heavy atom. The van der Waals surface area contributed by atoms with Crippen molar-refractivity contribution in [2.45, 2.75) is 0 Å². The zero-order valence-electron chi connectivity index (χ0n) is 11.4. The quantitative estimate of drug-likeness (QED) is 0.556. The molecule has 2 heterocycles. The number of fused-ring (bicyclic) bond motifs is 1. The molecule has 7 heteroatoms.